The lowest BCUT2D eigenvalue weighted by Crippen LogP contribution is -2.36. The van der Waals surface area contributed by atoms with Gasteiger partial charge in [0.1, 0.15) is 11.6 Å². The van der Waals surface area contributed by atoms with Gasteiger partial charge in [-0.3, -0.25) is 4.79 Å². The first kappa shape index (κ1) is 17.0. The van der Waals surface area contributed by atoms with Crippen molar-refractivity contribution in [2.45, 2.75) is 56.4 Å². The number of hydrogen-bond acceptors (Lipinski definition) is 4. The number of carbonyl (C=O) groups excluding carboxylic acids is 1. The van der Waals surface area contributed by atoms with Crippen molar-refractivity contribution in [3.63, 3.8) is 0 Å². The third-order valence-corrected chi connectivity index (χ3v) is 5.00. The van der Waals surface area contributed by atoms with Gasteiger partial charge in [-0.15, -0.1) is 0 Å². The molecule has 3 heterocycles. The van der Waals surface area contributed by atoms with Gasteiger partial charge in [-0.1, -0.05) is 12.8 Å². The van der Waals surface area contributed by atoms with E-state index in [1.807, 2.05) is 0 Å². The minimum atomic E-state index is -4.48. The molecule has 0 bridgehead atoms. The fourth-order valence-corrected chi connectivity index (χ4v) is 3.69. The van der Waals surface area contributed by atoms with Crippen LogP contribution in [0.5, 0.6) is 0 Å². The highest BCUT2D eigenvalue weighted by Crippen LogP contribution is 2.43. The summed E-state index contributed by atoms with van der Waals surface area (Å²) in [5, 5.41) is 9.80. The number of amides is 1. The second kappa shape index (κ2) is 6.37. The average molecular weight is 368 g/mol. The molecular weight excluding hydrogens is 349 g/mol. The van der Waals surface area contributed by atoms with Crippen molar-refractivity contribution in [1.82, 2.24) is 15.1 Å². The number of halogens is 3. The van der Waals surface area contributed by atoms with Crippen LogP contribution in [0, 0.1) is 0 Å². The number of nitrogens with zero attached hydrogens (tertiary/aromatic N) is 2. The Morgan fingerprint density at radius 1 is 1.35 bits per heavy atom. The number of alkyl halides is 3. The van der Waals surface area contributed by atoms with Gasteiger partial charge in [0.25, 0.3) is 5.91 Å². The first-order valence-electron chi connectivity index (χ1n) is 8.69. The number of rotatable bonds is 3. The molecule has 1 fully saturated rings. The van der Waals surface area contributed by atoms with Crippen LogP contribution in [0.2, 0.25) is 0 Å². The maximum atomic E-state index is 13.6. The van der Waals surface area contributed by atoms with Gasteiger partial charge in [0.2, 0.25) is 0 Å². The Morgan fingerprint density at radius 3 is 2.77 bits per heavy atom. The van der Waals surface area contributed by atoms with Crippen LogP contribution >= 0.6 is 0 Å². The Labute approximate surface area is 147 Å². The zero-order chi connectivity index (χ0) is 18.3. The molecule has 0 saturated heterocycles. The number of aromatic nitrogens is 2. The van der Waals surface area contributed by atoms with Crippen LogP contribution in [-0.4, -0.2) is 27.9 Å². The van der Waals surface area contributed by atoms with Crippen molar-refractivity contribution in [3.8, 4) is 0 Å². The number of nitrogens with one attached hydrogen (secondary N) is 2. The Hall–Kier alpha value is -2.45. The summed E-state index contributed by atoms with van der Waals surface area (Å²) in [7, 11) is 0. The van der Waals surface area contributed by atoms with E-state index < -0.39 is 24.2 Å². The maximum Gasteiger partial charge on any atom is 0.410 e. The van der Waals surface area contributed by atoms with E-state index in [2.05, 4.69) is 15.7 Å². The standard InChI is InChI=1S/C17H19F3N4O2/c18-17(19,20)14-8-11(13-6-3-7-26-13)22-15-9-12(23-24(14)15)16(25)21-10-4-1-2-5-10/h3,6-7,9-11,14,22H,1-2,4-5,8H2,(H,21,25)/t11-,14-/m0/s1. The number of carbonyl (C=O) groups is 1. The van der Waals surface area contributed by atoms with Gasteiger partial charge in [-0.2, -0.15) is 18.3 Å². The minimum Gasteiger partial charge on any atom is -0.467 e. The van der Waals surface area contributed by atoms with Gasteiger partial charge in [-0.25, -0.2) is 4.68 Å². The third-order valence-electron chi connectivity index (χ3n) is 5.00. The van der Waals surface area contributed by atoms with E-state index in [9.17, 15) is 18.0 Å². The first-order valence-corrected chi connectivity index (χ1v) is 8.69. The molecule has 2 N–H and O–H groups in total. The van der Waals surface area contributed by atoms with Gasteiger partial charge < -0.3 is 15.1 Å². The van der Waals surface area contributed by atoms with Crippen molar-refractivity contribution in [1.29, 1.82) is 0 Å². The van der Waals surface area contributed by atoms with Crippen LogP contribution in [0.4, 0.5) is 19.0 Å². The van der Waals surface area contributed by atoms with Gasteiger partial charge >= 0.3 is 6.18 Å². The van der Waals surface area contributed by atoms with Crippen molar-refractivity contribution in [3.05, 3.63) is 35.9 Å². The van der Waals surface area contributed by atoms with E-state index in [4.69, 9.17) is 4.42 Å². The molecule has 2 atom stereocenters. The second-order valence-electron chi connectivity index (χ2n) is 6.82. The molecule has 6 nitrogen and oxygen atoms in total. The molecule has 140 valence electrons. The number of anilines is 1. The molecule has 2 aliphatic rings. The zero-order valence-corrected chi connectivity index (χ0v) is 13.9. The molecule has 26 heavy (non-hydrogen) atoms. The summed E-state index contributed by atoms with van der Waals surface area (Å²) >= 11 is 0. The summed E-state index contributed by atoms with van der Waals surface area (Å²) in [5.41, 5.74) is -0.00579. The van der Waals surface area contributed by atoms with E-state index in [0.717, 1.165) is 30.4 Å². The largest absolute Gasteiger partial charge is 0.467 e. The molecular formula is C17H19F3N4O2. The van der Waals surface area contributed by atoms with Crippen LogP contribution < -0.4 is 10.6 Å². The van der Waals surface area contributed by atoms with E-state index in [1.165, 1.54) is 12.3 Å². The Morgan fingerprint density at radius 2 is 2.12 bits per heavy atom. The highest BCUT2D eigenvalue weighted by molar-refractivity contribution is 5.93. The SMILES string of the molecule is O=C(NC1CCCC1)c1cc2n(n1)[C@H](C(F)(F)F)C[C@@H](c1ccco1)N2. The van der Waals surface area contributed by atoms with Crippen LogP contribution in [-0.2, 0) is 0 Å². The van der Waals surface area contributed by atoms with Crippen LogP contribution in [0.25, 0.3) is 0 Å². The summed E-state index contributed by atoms with van der Waals surface area (Å²) < 4.78 is 46.8. The predicted molar refractivity (Wildman–Crippen MR) is 86.7 cm³/mol. The summed E-state index contributed by atoms with van der Waals surface area (Å²) in [6.07, 6.45) is 0.571. The number of furan rings is 1. The van der Waals surface area contributed by atoms with Crippen molar-refractivity contribution in [2.24, 2.45) is 0 Å². The van der Waals surface area contributed by atoms with E-state index in [-0.39, 0.29) is 24.0 Å². The smallest absolute Gasteiger partial charge is 0.410 e. The Bertz CT molecular complexity index is 779. The van der Waals surface area contributed by atoms with Gasteiger partial charge in [0.05, 0.1) is 12.3 Å². The molecule has 1 amide bonds. The maximum absolute atomic E-state index is 13.6. The third kappa shape index (κ3) is 3.17. The minimum absolute atomic E-state index is 0.00579. The Balaban J connectivity index is 1.61. The quantitative estimate of drug-likeness (QED) is 0.864. The monoisotopic (exact) mass is 368 g/mol. The average Bonchev–Trinajstić information content (AvgIpc) is 3.33. The molecule has 0 aromatic carbocycles. The van der Waals surface area contributed by atoms with Gasteiger partial charge in [0.15, 0.2) is 11.7 Å². The molecule has 0 unspecified atom stereocenters. The molecule has 0 spiro atoms. The molecule has 2 aromatic rings. The Kier molecular flexibility index (Phi) is 4.16. The molecule has 0 radical (unpaired) electrons. The van der Waals surface area contributed by atoms with E-state index in [0.29, 0.717) is 5.76 Å². The number of hydrogen-bond donors (Lipinski definition) is 2. The summed E-state index contributed by atoms with van der Waals surface area (Å²) in [4.78, 5) is 12.4. The fourth-order valence-electron chi connectivity index (χ4n) is 3.69. The van der Waals surface area contributed by atoms with Crippen LogP contribution in [0.1, 0.15) is 60.4 Å². The van der Waals surface area contributed by atoms with Crippen molar-refractivity contribution < 1.29 is 22.4 Å². The summed E-state index contributed by atoms with van der Waals surface area (Å²) in [6.45, 7) is 0. The zero-order valence-electron chi connectivity index (χ0n) is 13.9. The van der Waals surface area contributed by atoms with E-state index in [1.54, 1.807) is 12.1 Å². The normalized spacial score (nSPS) is 23.5. The lowest BCUT2D eigenvalue weighted by atomic mass is 10.0. The number of fused-ring (bicyclic) bond motifs is 1. The highest BCUT2D eigenvalue weighted by atomic mass is 19.4. The van der Waals surface area contributed by atoms with Gasteiger partial charge in [-0.05, 0) is 25.0 Å². The molecule has 1 saturated carbocycles. The molecule has 1 aliphatic carbocycles. The molecule has 2 aromatic heterocycles. The molecule has 9 heteroatoms. The van der Waals surface area contributed by atoms with Crippen molar-refractivity contribution >= 4 is 11.7 Å². The van der Waals surface area contributed by atoms with Crippen molar-refractivity contribution in [2.75, 3.05) is 5.32 Å². The highest BCUT2D eigenvalue weighted by Gasteiger charge is 2.47. The first-order chi connectivity index (χ1) is 12.4. The summed E-state index contributed by atoms with van der Waals surface area (Å²) in [5.74, 6) is 0.149. The van der Waals surface area contributed by atoms with Gasteiger partial charge in [0, 0.05) is 18.5 Å². The van der Waals surface area contributed by atoms with E-state index >= 15 is 0 Å². The second-order valence-corrected chi connectivity index (χ2v) is 6.82. The molecule has 1 aliphatic heterocycles. The molecule has 4 rings (SSSR count). The van der Waals surface area contributed by atoms with Crippen LogP contribution in [0.3, 0.4) is 0 Å². The topological polar surface area (TPSA) is 72.1 Å². The van der Waals surface area contributed by atoms with Crippen LogP contribution in [0.15, 0.2) is 28.9 Å². The summed E-state index contributed by atoms with van der Waals surface area (Å²) in [6, 6.07) is 2.26. The fraction of sp³-hybridized carbons (Fsp3) is 0.529. The lowest BCUT2D eigenvalue weighted by Gasteiger charge is -2.32. The lowest BCUT2D eigenvalue weighted by molar-refractivity contribution is -0.174. The predicted octanol–water partition coefficient (Wildman–Crippen LogP) is 3.81.